The van der Waals surface area contributed by atoms with Crippen molar-refractivity contribution < 1.29 is 28.2 Å². The van der Waals surface area contributed by atoms with Crippen LogP contribution in [0.4, 0.5) is 8.78 Å². The number of aryl methyl sites for hydroxylation is 2. The Hall–Kier alpha value is -2.67. The summed E-state index contributed by atoms with van der Waals surface area (Å²) >= 11 is 0. The summed E-state index contributed by atoms with van der Waals surface area (Å²) in [5.74, 6) is -0.143. The second-order valence-electron chi connectivity index (χ2n) is 7.10. The Morgan fingerprint density at radius 1 is 1.18 bits per heavy atom. The topological polar surface area (TPSA) is 59.0 Å². The largest absolute Gasteiger partial charge is 0.488 e. The SMILES string of the molecule is Cc1cc(CN2CC(C(=O)O)C2)cc(C)c1OCc1cccc(OC(F)F)c1. The van der Waals surface area contributed by atoms with Crippen LogP contribution in [0.3, 0.4) is 0 Å². The number of alkyl halides is 2. The maximum absolute atomic E-state index is 12.3. The van der Waals surface area contributed by atoms with E-state index in [1.807, 2.05) is 26.0 Å². The number of carboxylic acids is 1. The van der Waals surface area contributed by atoms with E-state index in [0.29, 0.717) is 19.6 Å². The van der Waals surface area contributed by atoms with Crippen LogP contribution in [0.1, 0.15) is 22.3 Å². The highest BCUT2D eigenvalue weighted by Gasteiger charge is 2.32. The number of hydrogen-bond donors (Lipinski definition) is 1. The Morgan fingerprint density at radius 3 is 2.46 bits per heavy atom. The number of carboxylic acid groups (broad SMARTS) is 1. The van der Waals surface area contributed by atoms with Crippen LogP contribution in [0.25, 0.3) is 0 Å². The summed E-state index contributed by atoms with van der Waals surface area (Å²) in [7, 11) is 0. The quantitative estimate of drug-likeness (QED) is 0.737. The molecule has 0 aliphatic carbocycles. The van der Waals surface area contributed by atoms with Crippen LogP contribution in [-0.4, -0.2) is 35.7 Å². The highest BCUT2D eigenvalue weighted by molar-refractivity contribution is 5.71. The Bertz CT molecular complexity index is 827. The smallest absolute Gasteiger partial charge is 0.387 e. The van der Waals surface area contributed by atoms with Gasteiger partial charge in [0.15, 0.2) is 0 Å². The van der Waals surface area contributed by atoms with Crippen LogP contribution in [0, 0.1) is 19.8 Å². The van der Waals surface area contributed by atoms with E-state index in [1.165, 1.54) is 12.1 Å². The van der Waals surface area contributed by atoms with Gasteiger partial charge in [0.05, 0.1) is 5.92 Å². The van der Waals surface area contributed by atoms with Gasteiger partial charge in [-0.15, -0.1) is 0 Å². The molecule has 0 aromatic heterocycles. The molecule has 0 bridgehead atoms. The molecule has 3 rings (SSSR count). The minimum atomic E-state index is -2.86. The standard InChI is InChI=1S/C21H23F2NO4/c1-13-6-16(9-24-10-17(11-24)20(25)26)7-14(2)19(13)27-12-15-4-3-5-18(8-15)28-21(22)23/h3-8,17,21H,9-12H2,1-2H3,(H,25,26). The molecule has 1 aliphatic heterocycles. The maximum Gasteiger partial charge on any atom is 0.387 e. The van der Waals surface area contributed by atoms with Crippen molar-refractivity contribution >= 4 is 5.97 Å². The lowest BCUT2D eigenvalue weighted by atomic mass is 9.98. The molecule has 1 saturated heterocycles. The number of ether oxygens (including phenoxy) is 2. The molecule has 0 atom stereocenters. The molecule has 28 heavy (non-hydrogen) atoms. The first-order chi connectivity index (χ1) is 13.3. The number of rotatable bonds is 8. The van der Waals surface area contributed by atoms with Crippen molar-refractivity contribution in [3.8, 4) is 11.5 Å². The Labute approximate surface area is 162 Å². The van der Waals surface area contributed by atoms with Gasteiger partial charge < -0.3 is 14.6 Å². The van der Waals surface area contributed by atoms with Crippen molar-refractivity contribution in [1.29, 1.82) is 0 Å². The Balaban J connectivity index is 1.61. The van der Waals surface area contributed by atoms with Crippen LogP contribution in [0.5, 0.6) is 11.5 Å². The monoisotopic (exact) mass is 391 g/mol. The van der Waals surface area contributed by atoms with Crippen molar-refractivity contribution in [3.63, 3.8) is 0 Å². The number of aliphatic carboxylic acids is 1. The molecule has 0 amide bonds. The Morgan fingerprint density at radius 2 is 1.86 bits per heavy atom. The number of halogens is 2. The minimum absolute atomic E-state index is 0.106. The van der Waals surface area contributed by atoms with Gasteiger partial charge in [0.2, 0.25) is 0 Å². The second-order valence-corrected chi connectivity index (χ2v) is 7.10. The lowest BCUT2D eigenvalue weighted by Gasteiger charge is -2.36. The van der Waals surface area contributed by atoms with E-state index in [1.54, 1.807) is 12.1 Å². The van der Waals surface area contributed by atoms with Crippen molar-refractivity contribution in [1.82, 2.24) is 4.90 Å². The van der Waals surface area contributed by atoms with Gasteiger partial charge in [0.25, 0.3) is 0 Å². The summed E-state index contributed by atoms with van der Waals surface area (Å²) in [5.41, 5.74) is 3.80. The molecule has 1 N–H and O–H groups in total. The van der Waals surface area contributed by atoms with E-state index < -0.39 is 12.6 Å². The normalized spacial score (nSPS) is 14.8. The first kappa shape index (κ1) is 20.1. The summed E-state index contributed by atoms with van der Waals surface area (Å²) in [4.78, 5) is 13.0. The average molecular weight is 391 g/mol. The van der Waals surface area contributed by atoms with Gasteiger partial charge in [-0.1, -0.05) is 24.3 Å². The third kappa shape index (κ3) is 4.98. The molecule has 1 heterocycles. The van der Waals surface area contributed by atoms with E-state index in [4.69, 9.17) is 9.84 Å². The maximum atomic E-state index is 12.3. The van der Waals surface area contributed by atoms with E-state index >= 15 is 0 Å². The highest BCUT2D eigenvalue weighted by atomic mass is 19.3. The summed E-state index contributed by atoms with van der Waals surface area (Å²) in [5, 5.41) is 8.97. The zero-order chi connectivity index (χ0) is 20.3. The number of benzene rings is 2. The van der Waals surface area contributed by atoms with Crippen LogP contribution >= 0.6 is 0 Å². The molecule has 1 aliphatic rings. The molecular weight excluding hydrogens is 368 g/mol. The number of likely N-dealkylation sites (tertiary alicyclic amines) is 1. The van der Waals surface area contributed by atoms with Gasteiger partial charge in [-0.3, -0.25) is 9.69 Å². The number of nitrogens with zero attached hydrogens (tertiary/aromatic N) is 1. The zero-order valence-corrected chi connectivity index (χ0v) is 15.8. The van der Waals surface area contributed by atoms with E-state index in [9.17, 15) is 13.6 Å². The third-order valence-electron chi connectivity index (χ3n) is 4.74. The summed E-state index contributed by atoms with van der Waals surface area (Å²) in [6.07, 6.45) is 0. The summed E-state index contributed by atoms with van der Waals surface area (Å²) < 4.78 is 35.0. The fourth-order valence-electron chi connectivity index (χ4n) is 3.44. The number of carbonyl (C=O) groups is 1. The average Bonchev–Trinajstić information content (AvgIpc) is 2.56. The van der Waals surface area contributed by atoms with Gasteiger partial charge in [-0.05, 0) is 48.2 Å². The molecule has 150 valence electrons. The van der Waals surface area contributed by atoms with Crippen molar-refractivity contribution in [2.24, 2.45) is 5.92 Å². The van der Waals surface area contributed by atoms with Crippen LogP contribution < -0.4 is 9.47 Å². The molecule has 0 unspecified atom stereocenters. The van der Waals surface area contributed by atoms with Gasteiger partial charge in [0.1, 0.15) is 18.1 Å². The van der Waals surface area contributed by atoms with E-state index in [0.717, 1.165) is 28.0 Å². The fraction of sp³-hybridized carbons (Fsp3) is 0.381. The molecule has 7 heteroatoms. The zero-order valence-electron chi connectivity index (χ0n) is 15.8. The van der Waals surface area contributed by atoms with E-state index in [-0.39, 0.29) is 18.3 Å². The second kappa shape index (κ2) is 8.56. The predicted octanol–water partition coefficient (Wildman–Crippen LogP) is 4.00. The molecule has 0 spiro atoms. The molecule has 5 nitrogen and oxygen atoms in total. The molecule has 2 aromatic rings. The van der Waals surface area contributed by atoms with Crippen molar-refractivity contribution in [2.45, 2.75) is 33.6 Å². The lowest BCUT2D eigenvalue weighted by molar-refractivity contribution is -0.147. The minimum Gasteiger partial charge on any atom is -0.488 e. The van der Waals surface area contributed by atoms with Crippen LogP contribution in [-0.2, 0) is 17.9 Å². The molecule has 2 aromatic carbocycles. The van der Waals surface area contributed by atoms with Crippen LogP contribution in [0.2, 0.25) is 0 Å². The fourth-order valence-corrected chi connectivity index (χ4v) is 3.44. The molecule has 0 radical (unpaired) electrons. The lowest BCUT2D eigenvalue weighted by Crippen LogP contribution is -2.49. The van der Waals surface area contributed by atoms with Crippen LogP contribution in [0.15, 0.2) is 36.4 Å². The third-order valence-corrected chi connectivity index (χ3v) is 4.74. The van der Waals surface area contributed by atoms with Crippen molar-refractivity contribution in [2.75, 3.05) is 13.1 Å². The van der Waals surface area contributed by atoms with Gasteiger partial charge in [0, 0.05) is 19.6 Å². The molecule has 0 saturated carbocycles. The van der Waals surface area contributed by atoms with Gasteiger partial charge in [-0.25, -0.2) is 0 Å². The van der Waals surface area contributed by atoms with E-state index in [2.05, 4.69) is 9.64 Å². The van der Waals surface area contributed by atoms with Gasteiger partial charge in [-0.2, -0.15) is 8.78 Å². The first-order valence-electron chi connectivity index (χ1n) is 9.03. The molecular formula is C21H23F2NO4. The highest BCUT2D eigenvalue weighted by Crippen LogP contribution is 2.28. The van der Waals surface area contributed by atoms with Gasteiger partial charge >= 0.3 is 12.6 Å². The summed E-state index contributed by atoms with van der Waals surface area (Å²) in [6.45, 7) is 3.15. The predicted molar refractivity (Wildman–Crippen MR) is 99.7 cm³/mol. The number of hydrogen-bond acceptors (Lipinski definition) is 4. The Kier molecular flexibility index (Phi) is 6.14. The summed E-state index contributed by atoms with van der Waals surface area (Å²) in [6, 6.07) is 10.5. The first-order valence-corrected chi connectivity index (χ1v) is 9.03. The molecule has 1 fully saturated rings. The van der Waals surface area contributed by atoms with Crippen molar-refractivity contribution in [3.05, 3.63) is 58.7 Å².